The first-order valence-electron chi connectivity index (χ1n) is 7.45. The van der Waals surface area contributed by atoms with Crippen molar-refractivity contribution in [2.24, 2.45) is 5.73 Å². The van der Waals surface area contributed by atoms with E-state index in [0.29, 0.717) is 19.4 Å². The highest BCUT2D eigenvalue weighted by atomic mass is 16.6. The van der Waals surface area contributed by atoms with Gasteiger partial charge in [-0.05, 0) is 24.8 Å². The molecule has 22 heavy (non-hydrogen) atoms. The standard InChI is InChI=1S/C15H21N3O4/c1-2-13(10-4-3-5-11(8-10)18(20)21)17-15(19)14-7-6-12(9-16)22-14/h3-5,8,12-14H,2,6-7,9,16H2,1H3,(H,17,19)/t12-,13?,14+/m1/s1. The van der Waals surface area contributed by atoms with E-state index in [0.717, 1.165) is 12.0 Å². The number of nitrogens with two attached hydrogens (primary N) is 1. The molecule has 1 saturated heterocycles. The minimum absolute atomic E-state index is 0.0190. The number of nitrogens with zero attached hydrogens (tertiary/aromatic N) is 1. The highest BCUT2D eigenvalue weighted by molar-refractivity contribution is 5.81. The number of nitro benzene ring substituents is 1. The Kier molecular flexibility index (Phi) is 5.46. The summed E-state index contributed by atoms with van der Waals surface area (Å²) >= 11 is 0. The minimum atomic E-state index is -0.485. The summed E-state index contributed by atoms with van der Waals surface area (Å²) in [6, 6.07) is 6.06. The van der Waals surface area contributed by atoms with Crippen molar-refractivity contribution in [3.8, 4) is 0 Å². The molecule has 1 aromatic carbocycles. The van der Waals surface area contributed by atoms with Gasteiger partial charge in [0.15, 0.2) is 0 Å². The van der Waals surface area contributed by atoms with Crippen LogP contribution in [0.15, 0.2) is 24.3 Å². The molecule has 1 aromatic rings. The number of hydrogen-bond donors (Lipinski definition) is 2. The highest BCUT2D eigenvalue weighted by Gasteiger charge is 2.31. The average molecular weight is 307 g/mol. The molecule has 1 aliphatic rings. The number of amides is 1. The molecule has 1 heterocycles. The number of ether oxygens (including phenoxy) is 1. The lowest BCUT2D eigenvalue weighted by atomic mass is 10.0. The summed E-state index contributed by atoms with van der Waals surface area (Å²) in [6.45, 7) is 2.33. The second-order valence-corrected chi connectivity index (χ2v) is 5.38. The highest BCUT2D eigenvalue weighted by Crippen LogP contribution is 2.24. The van der Waals surface area contributed by atoms with Gasteiger partial charge in [0.2, 0.25) is 5.91 Å². The number of nitrogens with one attached hydrogen (secondary N) is 1. The van der Waals surface area contributed by atoms with Crippen molar-refractivity contribution in [3.63, 3.8) is 0 Å². The third kappa shape index (κ3) is 3.80. The zero-order chi connectivity index (χ0) is 16.1. The topological polar surface area (TPSA) is 107 Å². The average Bonchev–Trinajstić information content (AvgIpc) is 3.01. The van der Waals surface area contributed by atoms with Crippen LogP contribution in [-0.4, -0.2) is 29.6 Å². The van der Waals surface area contributed by atoms with Crippen molar-refractivity contribution in [1.82, 2.24) is 5.32 Å². The molecular weight excluding hydrogens is 286 g/mol. The smallest absolute Gasteiger partial charge is 0.269 e. The van der Waals surface area contributed by atoms with E-state index in [4.69, 9.17) is 10.5 Å². The zero-order valence-corrected chi connectivity index (χ0v) is 12.5. The van der Waals surface area contributed by atoms with Gasteiger partial charge in [-0.3, -0.25) is 14.9 Å². The van der Waals surface area contributed by atoms with Crippen LogP contribution in [-0.2, 0) is 9.53 Å². The van der Waals surface area contributed by atoms with E-state index in [2.05, 4.69) is 5.32 Å². The maximum Gasteiger partial charge on any atom is 0.269 e. The van der Waals surface area contributed by atoms with Crippen molar-refractivity contribution >= 4 is 11.6 Å². The Morgan fingerprint density at radius 2 is 2.32 bits per heavy atom. The Balaban J connectivity index is 2.04. The molecule has 0 saturated carbocycles. The van der Waals surface area contributed by atoms with Crippen LogP contribution in [0.2, 0.25) is 0 Å². The summed E-state index contributed by atoms with van der Waals surface area (Å²) in [7, 11) is 0. The second kappa shape index (κ2) is 7.33. The van der Waals surface area contributed by atoms with Gasteiger partial charge in [0.25, 0.3) is 5.69 Å². The van der Waals surface area contributed by atoms with Gasteiger partial charge in [-0.1, -0.05) is 19.1 Å². The predicted molar refractivity (Wildman–Crippen MR) is 81.2 cm³/mol. The number of hydrogen-bond acceptors (Lipinski definition) is 5. The van der Waals surface area contributed by atoms with Crippen molar-refractivity contribution in [3.05, 3.63) is 39.9 Å². The fourth-order valence-corrected chi connectivity index (χ4v) is 2.61. The molecule has 7 heteroatoms. The number of rotatable bonds is 6. The van der Waals surface area contributed by atoms with Gasteiger partial charge < -0.3 is 15.8 Å². The molecule has 1 aliphatic heterocycles. The SMILES string of the molecule is CCC(NC(=O)[C@@H]1CC[C@H](CN)O1)c1cccc([N+](=O)[O-])c1. The molecule has 0 aliphatic carbocycles. The van der Waals surface area contributed by atoms with Crippen molar-refractivity contribution < 1.29 is 14.5 Å². The van der Waals surface area contributed by atoms with Crippen LogP contribution in [0.3, 0.4) is 0 Å². The predicted octanol–water partition coefficient (Wildman–Crippen LogP) is 1.67. The maximum atomic E-state index is 12.3. The van der Waals surface area contributed by atoms with Gasteiger partial charge in [-0.2, -0.15) is 0 Å². The fraction of sp³-hybridized carbons (Fsp3) is 0.533. The molecule has 2 rings (SSSR count). The van der Waals surface area contributed by atoms with Gasteiger partial charge >= 0.3 is 0 Å². The maximum absolute atomic E-state index is 12.3. The first-order chi connectivity index (χ1) is 10.5. The van der Waals surface area contributed by atoms with E-state index in [1.54, 1.807) is 12.1 Å². The van der Waals surface area contributed by atoms with E-state index in [1.165, 1.54) is 12.1 Å². The van der Waals surface area contributed by atoms with Crippen molar-refractivity contribution in [1.29, 1.82) is 0 Å². The van der Waals surface area contributed by atoms with Gasteiger partial charge in [-0.15, -0.1) is 0 Å². The minimum Gasteiger partial charge on any atom is -0.364 e. The Hall–Kier alpha value is -1.99. The van der Waals surface area contributed by atoms with Crippen LogP contribution in [0, 0.1) is 10.1 Å². The van der Waals surface area contributed by atoms with Crippen LogP contribution in [0.1, 0.15) is 37.8 Å². The molecule has 3 N–H and O–H groups in total. The molecule has 0 radical (unpaired) electrons. The third-order valence-electron chi connectivity index (χ3n) is 3.87. The number of nitro groups is 1. The molecule has 1 fully saturated rings. The number of benzene rings is 1. The van der Waals surface area contributed by atoms with Gasteiger partial charge in [0.1, 0.15) is 6.10 Å². The molecule has 120 valence electrons. The lowest BCUT2D eigenvalue weighted by Gasteiger charge is -2.20. The fourth-order valence-electron chi connectivity index (χ4n) is 2.61. The summed E-state index contributed by atoms with van der Waals surface area (Å²) in [6.07, 6.45) is 1.52. The molecule has 7 nitrogen and oxygen atoms in total. The summed E-state index contributed by atoms with van der Waals surface area (Å²) in [5.74, 6) is -0.186. The van der Waals surface area contributed by atoms with Crippen LogP contribution in [0.25, 0.3) is 0 Å². The lowest BCUT2D eigenvalue weighted by molar-refractivity contribution is -0.384. The number of carbonyl (C=O) groups excluding carboxylic acids is 1. The Labute approximate surface area is 129 Å². The van der Waals surface area contributed by atoms with Gasteiger partial charge in [0.05, 0.1) is 17.1 Å². The molecule has 1 amide bonds. The van der Waals surface area contributed by atoms with E-state index in [1.807, 2.05) is 6.92 Å². The quantitative estimate of drug-likeness (QED) is 0.614. The van der Waals surface area contributed by atoms with E-state index in [-0.39, 0.29) is 23.7 Å². The summed E-state index contributed by atoms with van der Waals surface area (Å²) in [5.41, 5.74) is 6.28. The van der Waals surface area contributed by atoms with Crippen LogP contribution < -0.4 is 11.1 Å². The largest absolute Gasteiger partial charge is 0.364 e. The van der Waals surface area contributed by atoms with Crippen LogP contribution in [0.4, 0.5) is 5.69 Å². The monoisotopic (exact) mass is 307 g/mol. The van der Waals surface area contributed by atoms with Crippen LogP contribution in [0.5, 0.6) is 0 Å². The molecule has 1 unspecified atom stereocenters. The molecular formula is C15H21N3O4. The van der Waals surface area contributed by atoms with Crippen molar-refractivity contribution in [2.75, 3.05) is 6.54 Å². The number of carbonyl (C=O) groups is 1. The summed E-state index contributed by atoms with van der Waals surface area (Å²) in [4.78, 5) is 22.7. The van der Waals surface area contributed by atoms with Gasteiger partial charge in [0, 0.05) is 18.7 Å². The zero-order valence-electron chi connectivity index (χ0n) is 12.5. The number of non-ortho nitro benzene ring substituents is 1. The van der Waals surface area contributed by atoms with Crippen LogP contribution >= 0.6 is 0 Å². The Bertz CT molecular complexity index is 549. The first kappa shape index (κ1) is 16.4. The summed E-state index contributed by atoms with van der Waals surface area (Å²) in [5, 5.41) is 13.8. The van der Waals surface area contributed by atoms with E-state index in [9.17, 15) is 14.9 Å². The lowest BCUT2D eigenvalue weighted by Crippen LogP contribution is -2.37. The first-order valence-corrected chi connectivity index (χ1v) is 7.45. The van der Waals surface area contributed by atoms with Gasteiger partial charge in [-0.25, -0.2) is 0 Å². The third-order valence-corrected chi connectivity index (χ3v) is 3.87. The second-order valence-electron chi connectivity index (χ2n) is 5.38. The molecule has 3 atom stereocenters. The molecule has 0 bridgehead atoms. The van der Waals surface area contributed by atoms with Crippen molar-refractivity contribution in [2.45, 2.75) is 44.4 Å². The summed E-state index contributed by atoms with van der Waals surface area (Å²) < 4.78 is 5.57. The van der Waals surface area contributed by atoms with E-state index >= 15 is 0 Å². The Morgan fingerprint density at radius 1 is 1.55 bits per heavy atom. The van der Waals surface area contributed by atoms with E-state index < -0.39 is 11.0 Å². The molecule has 0 spiro atoms. The Morgan fingerprint density at radius 3 is 2.91 bits per heavy atom. The molecule has 0 aromatic heterocycles. The normalized spacial score (nSPS) is 22.3.